The highest BCUT2D eigenvalue weighted by Crippen LogP contribution is 2.23. The summed E-state index contributed by atoms with van der Waals surface area (Å²) in [6, 6.07) is 9.59. The van der Waals surface area contributed by atoms with Gasteiger partial charge in [-0.1, -0.05) is 26.0 Å². The van der Waals surface area contributed by atoms with Gasteiger partial charge in [-0.15, -0.1) is 0 Å². The fraction of sp³-hybridized carbons (Fsp3) is 0.231. The lowest BCUT2D eigenvalue weighted by molar-refractivity contribution is 0.817. The number of rotatable bonds is 2. The van der Waals surface area contributed by atoms with Crippen molar-refractivity contribution in [3.63, 3.8) is 0 Å². The minimum absolute atomic E-state index is 0.395. The van der Waals surface area contributed by atoms with E-state index in [1.807, 2.05) is 30.3 Å². The third kappa shape index (κ3) is 2.03. The summed E-state index contributed by atoms with van der Waals surface area (Å²) in [5, 5.41) is 0. The van der Waals surface area contributed by atoms with Crippen LogP contribution < -0.4 is 5.73 Å². The van der Waals surface area contributed by atoms with Crippen LogP contribution in [0.1, 0.15) is 25.5 Å². The van der Waals surface area contributed by atoms with Gasteiger partial charge in [0, 0.05) is 23.1 Å². The number of benzene rings is 1. The number of aromatic nitrogens is 2. The predicted molar refractivity (Wildman–Crippen MR) is 66.0 cm³/mol. The molecule has 0 saturated heterocycles. The Labute approximate surface area is 95.4 Å². The van der Waals surface area contributed by atoms with Crippen molar-refractivity contribution < 1.29 is 0 Å². The lowest BCUT2D eigenvalue weighted by atomic mass is 10.1. The molecule has 16 heavy (non-hydrogen) atoms. The van der Waals surface area contributed by atoms with E-state index in [0.29, 0.717) is 17.4 Å². The van der Waals surface area contributed by atoms with Crippen LogP contribution in [0.4, 0.5) is 5.69 Å². The van der Waals surface area contributed by atoms with Crippen LogP contribution in [-0.4, -0.2) is 9.97 Å². The fourth-order valence-corrected chi connectivity index (χ4v) is 1.52. The lowest BCUT2D eigenvalue weighted by Crippen LogP contribution is -1.98. The number of nitrogens with two attached hydrogens (primary N) is 1. The molecule has 0 saturated carbocycles. The summed E-state index contributed by atoms with van der Waals surface area (Å²) in [6.07, 6.45) is 1.78. The average Bonchev–Trinajstić information content (AvgIpc) is 2.30. The van der Waals surface area contributed by atoms with Crippen LogP contribution in [0.25, 0.3) is 11.4 Å². The van der Waals surface area contributed by atoms with E-state index in [4.69, 9.17) is 5.73 Å². The van der Waals surface area contributed by atoms with E-state index in [1.54, 1.807) is 6.20 Å². The normalized spacial score (nSPS) is 10.7. The summed E-state index contributed by atoms with van der Waals surface area (Å²) >= 11 is 0. The maximum absolute atomic E-state index is 5.90. The molecule has 3 heteroatoms. The number of nitrogens with zero attached hydrogens (tertiary/aromatic N) is 2. The Balaban J connectivity index is 2.49. The summed E-state index contributed by atoms with van der Waals surface area (Å²) in [7, 11) is 0. The van der Waals surface area contributed by atoms with E-state index in [2.05, 4.69) is 23.8 Å². The van der Waals surface area contributed by atoms with Crippen LogP contribution in [0, 0.1) is 0 Å². The maximum Gasteiger partial charge on any atom is 0.161 e. The second-order valence-electron chi connectivity index (χ2n) is 4.05. The van der Waals surface area contributed by atoms with Gasteiger partial charge in [0.25, 0.3) is 0 Å². The molecule has 2 N–H and O–H groups in total. The number of hydrogen-bond donors (Lipinski definition) is 1. The first-order chi connectivity index (χ1) is 7.68. The molecular formula is C13H15N3. The molecule has 0 aliphatic heterocycles. The van der Waals surface area contributed by atoms with Gasteiger partial charge in [-0.3, -0.25) is 0 Å². The zero-order chi connectivity index (χ0) is 11.5. The molecule has 0 aliphatic carbocycles. The van der Waals surface area contributed by atoms with Gasteiger partial charge in [-0.25, -0.2) is 9.97 Å². The highest BCUT2D eigenvalue weighted by molar-refractivity contribution is 5.71. The molecule has 1 aromatic heterocycles. The van der Waals surface area contributed by atoms with Crippen molar-refractivity contribution in [1.82, 2.24) is 9.97 Å². The molecule has 1 heterocycles. The standard InChI is InChI=1S/C13H15N3/c1-9(2)12-7-8-15-13(16-12)10-5-3-4-6-11(10)14/h3-9H,14H2,1-2H3. The van der Waals surface area contributed by atoms with Crippen LogP contribution in [0.3, 0.4) is 0 Å². The number of nitrogen functional groups attached to an aromatic ring is 1. The van der Waals surface area contributed by atoms with Gasteiger partial charge in [-0.05, 0) is 24.1 Å². The summed E-state index contributed by atoms with van der Waals surface area (Å²) < 4.78 is 0. The molecule has 0 amide bonds. The molecule has 0 atom stereocenters. The molecule has 1 aromatic carbocycles. The van der Waals surface area contributed by atoms with Gasteiger partial charge < -0.3 is 5.73 Å². The highest BCUT2D eigenvalue weighted by atomic mass is 14.9. The van der Waals surface area contributed by atoms with Gasteiger partial charge in [0.2, 0.25) is 0 Å². The molecule has 0 fully saturated rings. The molecule has 0 unspecified atom stereocenters. The molecule has 0 aliphatic rings. The van der Waals surface area contributed by atoms with E-state index in [-0.39, 0.29) is 0 Å². The topological polar surface area (TPSA) is 51.8 Å². The van der Waals surface area contributed by atoms with Crippen LogP contribution in [0.2, 0.25) is 0 Å². The second kappa shape index (κ2) is 4.31. The van der Waals surface area contributed by atoms with Gasteiger partial charge in [0.1, 0.15) is 0 Å². The van der Waals surface area contributed by atoms with Crippen molar-refractivity contribution in [2.75, 3.05) is 5.73 Å². The Morgan fingerprint density at radius 3 is 2.56 bits per heavy atom. The van der Waals surface area contributed by atoms with Crippen molar-refractivity contribution in [1.29, 1.82) is 0 Å². The van der Waals surface area contributed by atoms with Crippen LogP contribution >= 0.6 is 0 Å². The van der Waals surface area contributed by atoms with Crippen LogP contribution in [0.15, 0.2) is 36.5 Å². The van der Waals surface area contributed by atoms with Gasteiger partial charge in [0.15, 0.2) is 5.82 Å². The SMILES string of the molecule is CC(C)c1ccnc(-c2ccccc2N)n1. The number of hydrogen-bond acceptors (Lipinski definition) is 3. The largest absolute Gasteiger partial charge is 0.398 e. The Bertz CT molecular complexity index is 492. The average molecular weight is 213 g/mol. The Hall–Kier alpha value is -1.90. The molecular weight excluding hydrogens is 198 g/mol. The van der Waals surface area contributed by atoms with Crippen molar-refractivity contribution in [3.05, 3.63) is 42.2 Å². The predicted octanol–water partition coefficient (Wildman–Crippen LogP) is 2.85. The Morgan fingerprint density at radius 2 is 1.88 bits per heavy atom. The molecule has 82 valence electrons. The summed E-state index contributed by atoms with van der Waals surface area (Å²) in [5.74, 6) is 1.09. The quantitative estimate of drug-likeness (QED) is 0.780. The third-order valence-electron chi connectivity index (χ3n) is 2.47. The third-order valence-corrected chi connectivity index (χ3v) is 2.47. The summed E-state index contributed by atoms with van der Waals surface area (Å²) in [5.41, 5.74) is 8.54. The smallest absolute Gasteiger partial charge is 0.161 e. The van der Waals surface area contributed by atoms with Crippen molar-refractivity contribution in [2.24, 2.45) is 0 Å². The van der Waals surface area contributed by atoms with E-state index >= 15 is 0 Å². The van der Waals surface area contributed by atoms with E-state index in [9.17, 15) is 0 Å². The van der Waals surface area contributed by atoms with Gasteiger partial charge in [-0.2, -0.15) is 0 Å². The Morgan fingerprint density at radius 1 is 1.12 bits per heavy atom. The molecule has 0 radical (unpaired) electrons. The second-order valence-corrected chi connectivity index (χ2v) is 4.05. The maximum atomic E-state index is 5.90. The summed E-state index contributed by atoms with van der Waals surface area (Å²) in [4.78, 5) is 8.77. The molecule has 2 rings (SSSR count). The fourth-order valence-electron chi connectivity index (χ4n) is 1.52. The molecule has 0 spiro atoms. The molecule has 0 bridgehead atoms. The van der Waals surface area contributed by atoms with Gasteiger partial charge in [0.05, 0.1) is 0 Å². The number of para-hydroxylation sites is 1. The van der Waals surface area contributed by atoms with Gasteiger partial charge >= 0.3 is 0 Å². The zero-order valence-electron chi connectivity index (χ0n) is 9.51. The number of anilines is 1. The minimum Gasteiger partial charge on any atom is -0.398 e. The highest BCUT2D eigenvalue weighted by Gasteiger charge is 2.07. The van der Waals surface area contributed by atoms with Crippen molar-refractivity contribution >= 4 is 5.69 Å². The molecule has 2 aromatic rings. The monoisotopic (exact) mass is 213 g/mol. The Kier molecular flexibility index (Phi) is 2.86. The van der Waals surface area contributed by atoms with E-state index in [0.717, 1.165) is 11.3 Å². The van der Waals surface area contributed by atoms with Crippen LogP contribution in [-0.2, 0) is 0 Å². The first-order valence-corrected chi connectivity index (χ1v) is 5.36. The molecule has 3 nitrogen and oxygen atoms in total. The van der Waals surface area contributed by atoms with E-state index in [1.165, 1.54) is 0 Å². The van der Waals surface area contributed by atoms with Crippen molar-refractivity contribution in [3.8, 4) is 11.4 Å². The zero-order valence-corrected chi connectivity index (χ0v) is 9.51. The van der Waals surface area contributed by atoms with Crippen LogP contribution in [0.5, 0.6) is 0 Å². The minimum atomic E-state index is 0.395. The van der Waals surface area contributed by atoms with E-state index < -0.39 is 0 Å². The van der Waals surface area contributed by atoms with Crippen molar-refractivity contribution in [2.45, 2.75) is 19.8 Å². The first-order valence-electron chi connectivity index (χ1n) is 5.36. The lowest BCUT2D eigenvalue weighted by Gasteiger charge is -2.07. The first kappa shape index (κ1) is 10.6. The summed E-state index contributed by atoms with van der Waals surface area (Å²) in [6.45, 7) is 4.22.